The van der Waals surface area contributed by atoms with Gasteiger partial charge in [0.25, 0.3) is 0 Å². The van der Waals surface area contributed by atoms with Crippen LogP contribution in [0.1, 0.15) is 13.8 Å². The van der Waals surface area contributed by atoms with Crippen molar-refractivity contribution in [1.82, 2.24) is 4.90 Å². The number of nitrogens with two attached hydrogens (primary N) is 1. The number of benzene rings is 1. The van der Waals surface area contributed by atoms with Crippen molar-refractivity contribution in [2.24, 2.45) is 10.7 Å². The summed E-state index contributed by atoms with van der Waals surface area (Å²) >= 11 is 6.22. The summed E-state index contributed by atoms with van der Waals surface area (Å²) in [6.07, 6.45) is 0. The highest BCUT2D eigenvalue weighted by molar-refractivity contribution is 6.33. The van der Waals surface area contributed by atoms with Crippen molar-refractivity contribution in [3.8, 4) is 0 Å². The molecule has 0 aliphatic carbocycles. The zero-order valence-corrected chi connectivity index (χ0v) is 12.3. The molecular formula is C14H21ClN4. The van der Waals surface area contributed by atoms with Crippen molar-refractivity contribution in [2.75, 3.05) is 31.1 Å². The van der Waals surface area contributed by atoms with Crippen molar-refractivity contribution in [3.63, 3.8) is 0 Å². The zero-order chi connectivity index (χ0) is 13.8. The first-order valence-electron chi connectivity index (χ1n) is 6.65. The van der Waals surface area contributed by atoms with E-state index in [2.05, 4.69) is 20.9 Å². The minimum Gasteiger partial charge on any atom is -0.370 e. The van der Waals surface area contributed by atoms with E-state index < -0.39 is 0 Å². The molecule has 5 heteroatoms. The molecule has 104 valence electrons. The maximum Gasteiger partial charge on any atom is 0.191 e. The molecule has 0 bridgehead atoms. The Balaban J connectivity index is 1.98. The number of para-hydroxylation sites is 1. The number of halogens is 1. The van der Waals surface area contributed by atoms with Gasteiger partial charge in [-0.15, -0.1) is 0 Å². The lowest BCUT2D eigenvalue weighted by Gasteiger charge is -2.37. The van der Waals surface area contributed by atoms with Gasteiger partial charge in [0.2, 0.25) is 0 Å². The van der Waals surface area contributed by atoms with Crippen LogP contribution in [0.5, 0.6) is 0 Å². The highest BCUT2D eigenvalue weighted by Crippen LogP contribution is 2.25. The van der Waals surface area contributed by atoms with E-state index in [0.717, 1.165) is 36.9 Å². The van der Waals surface area contributed by atoms with Crippen LogP contribution in [-0.2, 0) is 0 Å². The zero-order valence-electron chi connectivity index (χ0n) is 11.5. The monoisotopic (exact) mass is 280 g/mol. The molecule has 1 aliphatic rings. The summed E-state index contributed by atoms with van der Waals surface area (Å²) in [6, 6.07) is 8.19. The lowest BCUT2D eigenvalue weighted by Crippen LogP contribution is -2.51. The van der Waals surface area contributed by atoms with E-state index in [1.165, 1.54) is 0 Å². The second-order valence-electron chi connectivity index (χ2n) is 5.01. The number of nitrogens with zero attached hydrogens (tertiary/aromatic N) is 3. The van der Waals surface area contributed by atoms with Crippen molar-refractivity contribution >= 4 is 23.2 Å². The summed E-state index contributed by atoms with van der Waals surface area (Å²) < 4.78 is 0. The van der Waals surface area contributed by atoms with Gasteiger partial charge in [-0.05, 0) is 26.0 Å². The molecule has 0 atom stereocenters. The molecule has 19 heavy (non-hydrogen) atoms. The van der Waals surface area contributed by atoms with Crippen LogP contribution in [0.15, 0.2) is 29.3 Å². The van der Waals surface area contributed by atoms with Crippen molar-refractivity contribution < 1.29 is 0 Å². The van der Waals surface area contributed by atoms with Gasteiger partial charge < -0.3 is 15.5 Å². The lowest BCUT2D eigenvalue weighted by molar-refractivity contribution is 0.380. The third-order valence-electron chi connectivity index (χ3n) is 3.19. The molecule has 0 amide bonds. The molecule has 2 rings (SSSR count). The van der Waals surface area contributed by atoms with Crippen LogP contribution in [-0.4, -0.2) is 43.1 Å². The van der Waals surface area contributed by atoms with Crippen LogP contribution in [0, 0.1) is 0 Å². The SMILES string of the molecule is CC(C)N=C(N)N1CCN(c2ccccc2Cl)CC1. The normalized spacial score (nSPS) is 17.2. The average molecular weight is 281 g/mol. The minimum absolute atomic E-state index is 0.238. The van der Waals surface area contributed by atoms with E-state index in [1.807, 2.05) is 32.0 Å². The van der Waals surface area contributed by atoms with E-state index in [4.69, 9.17) is 17.3 Å². The third-order valence-corrected chi connectivity index (χ3v) is 3.51. The van der Waals surface area contributed by atoms with Crippen LogP contribution in [0.4, 0.5) is 5.69 Å². The van der Waals surface area contributed by atoms with Crippen LogP contribution >= 0.6 is 11.6 Å². The second-order valence-corrected chi connectivity index (χ2v) is 5.41. The van der Waals surface area contributed by atoms with Gasteiger partial charge in [0, 0.05) is 32.2 Å². The molecule has 1 fully saturated rings. The van der Waals surface area contributed by atoms with Gasteiger partial charge in [-0.2, -0.15) is 0 Å². The summed E-state index contributed by atoms with van der Waals surface area (Å²) in [5.74, 6) is 0.647. The number of rotatable bonds is 2. The predicted octanol–water partition coefficient (Wildman–Crippen LogP) is 2.19. The highest BCUT2D eigenvalue weighted by Gasteiger charge is 2.19. The van der Waals surface area contributed by atoms with Crippen LogP contribution in [0.2, 0.25) is 5.02 Å². The van der Waals surface area contributed by atoms with Gasteiger partial charge >= 0.3 is 0 Å². The fourth-order valence-corrected chi connectivity index (χ4v) is 2.49. The standard InChI is InChI=1S/C14H21ClN4/c1-11(2)17-14(16)19-9-7-18(8-10-19)13-6-4-3-5-12(13)15/h3-6,11H,7-10H2,1-2H3,(H2,16,17). The highest BCUT2D eigenvalue weighted by atomic mass is 35.5. The van der Waals surface area contributed by atoms with Gasteiger partial charge in [0.1, 0.15) is 0 Å². The number of piperazine rings is 1. The predicted molar refractivity (Wildman–Crippen MR) is 82.0 cm³/mol. The van der Waals surface area contributed by atoms with Crippen molar-refractivity contribution in [2.45, 2.75) is 19.9 Å². The Hall–Kier alpha value is -1.42. The number of anilines is 1. The number of guanidine groups is 1. The Kier molecular flexibility index (Phi) is 4.53. The first-order chi connectivity index (χ1) is 9.08. The first-order valence-corrected chi connectivity index (χ1v) is 7.03. The Bertz CT molecular complexity index is 451. The van der Waals surface area contributed by atoms with E-state index in [1.54, 1.807) is 0 Å². The molecule has 1 aliphatic heterocycles. The topological polar surface area (TPSA) is 44.9 Å². The summed E-state index contributed by atoms with van der Waals surface area (Å²) in [5, 5.41) is 0.805. The Morgan fingerprint density at radius 3 is 2.42 bits per heavy atom. The molecule has 4 nitrogen and oxygen atoms in total. The van der Waals surface area contributed by atoms with Crippen LogP contribution in [0.25, 0.3) is 0 Å². The van der Waals surface area contributed by atoms with Crippen molar-refractivity contribution in [3.05, 3.63) is 29.3 Å². The molecule has 1 heterocycles. The summed E-state index contributed by atoms with van der Waals surface area (Å²) in [7, 11) is 0. The number of aliphatic imine (C=N–C) groups is 1. The van der Waals surface area contributed by atoms with E-state index in [0.29, 0.717) is 5.96 Å². The molecule has 1 aromatic carbocycles. The Labute approximate surface area is 119 Å². The maximum absolute atomic E-state index is 6.22. The Morgan fingerprint density at radius 2 is 1.84 bits per heavy atom. The average Bonchev–Trinajstić information content (AvgIpc) is 2.39. The second kappa shape index (κ2) is 6.15. The van der Waals surface area contributed by atoms with E-state index in [-0.39, 0.29) is 6.04 Å². The summed E-state index contributed by atoms with van der Waals surface area (Å²) in [6.45, 7) is 7.66. The first kappa shape index (κ1) is 14.0. The molecule has 0 radical (unpaired) electrons. The summed E-state index contributed by atoms with van der Waals surface area (Å²) in [4.78, 5) is 8.82. The molecule has 1 saturated heterocycles. The molecular weight excluding hydrogens is 260 g/mol. The van der Waals surface area contributed by atoms with Crippen LogP contribution in [0.3, 0.4) is 0 Å². The molecule has 2 N–H and O–H groups in total. The van der Waals surface area contributed by atoms with Crippen LogP contribution < -0.4 is 10.6 Å². The minimum atomic E-state index is 0.238. The number of hydrogen-bond donors (Lipinski definition) is 1. The molecule has 0 spiro atoms. The molecule has 1 aromatic rings. The Morgan fingerprint density at radius 1 is 1.21 bits per heavy atom. The fraction of sp³-hybridized carbons (Fsp3) is 0.500. The van der Waals surface area contributed by atoms with Gasteiger partial charge in [-0.1, -0.05) is 23.7 Å². The van der Waals surface area contributed by atoms with Gasteiger partial charge in [-0.3, -0.25) is 4.99 Å². The third kappa shape index (κ3) is 3.53. The summed E-state index contributed by atoms with van der Waals surface area (Å²) in [5.41, 5.74) is 7.09. The van der Waals surface area contributed by atoms with Gasteiger partial charge in [-0.25, -0.2) is 0 Å². The van der Waals surface area contributed by atoms with E-state index in [9.17, 15) is 0 Å². The van der Waals surface area contributed by atoms with Gasteiger partial charge in [0.15, 0.2) is 5.96 Å². The smallest absolute Gasteiger partial charge is 0.191 e. The quantitative estimate of drug-likeness (QED) is 0.667. The lowest BCUT2D eigenvalue weighted by atomic mass is 10.2. The molecule has 0 unspecified atom stereocenters. The number of hydrogen-bond acceptors (Lipinski definition) is 2. The van der Waals surface area contributed by atoms with E-state index >= 15 is 0 Å². The maximum atomic E-state index is 6.22. The molecule has 0 aromatic heterocycles. The largest absolute Gasteiger partial charge is 0.370 e. The fourth-order valence-electron chi connectivity index (χ4n) is 2.23. The van der Waals surface area contributed by atoms with Crippen molar-refractivity contribution in [1.29, 1.82) is 0 Å². The molecule has 0 saturated carbocycles. The van der Waals surface area contributed by atoms with Gasteiger partial charge in [0.05, 0.1) is 10.7 Å².